The minimum Gasteiger partial charge on any atom is -0.493 e. The second kappa shape index (κ2) is 8.60. The third kappa shape index (κ3) is 3.99. The molecule has 0 unspecified atom stereocenters. The van der Waals surface area contributed by atoms with Gasteiger partial charge < -0.3 is 20.5 Å². The summed E-state index contributed by atoms with van der Waals surface area (Å²) < 4.78 is 10.7. The number of amides is 2. The molecule has 29 heavy (non-hydrogen) atoms. The first-order valence-electron chi connectivity index (χ1n) is 9.23. The zero-order valence-electron chi connectivity index (χ0n) is 16.6. The van der Waals surface area contributed by atoms with E-state index in [0.29, 0.717) is 33.7 Å². The third-order valence-electron chi connectivity index (χ3n) is 4.66. The van der Waals surface area contributed by atoms with Crippen LogP contribution in [0.15, 0.2) is 42.6 Å². The van der Waals surface area contributed by atoms with Gasteiger partial charge in [0.2, 0.25) is 0 Å². The van der Waals surface area contributed by atoms with Gasteiger partial charge in [0, 0.05) is 23.2 Å². The monoisotopic (exact) mass is 393 g/mol. The van der Waals surface area contributed by atoms with E-state index >= 15 is 0 Å². The average molecular weight is 393 g/mol. The smallest absolute Gasteiger partial charge is 0.255 e. The van der Waals surface area contributed by atoms with Gasteiger partial charge in [0.1, 0.15) is 0 Å². The molecule has 3 aromatic rings. The first kappa shape index (κ1) is 20.1. The van der Waals surface area contributed by atoms with E-state index in [1.807, 2.05) is 18.2 Å². The van der Waals surface area contributed by atoms with Gasteiger partial charge in [0.05, 0.1) is 31.0 Å². The number of hydrogen-bond acceptors (Lipinski definition) is 5. The molecule has 2 amide bonds. The Morgan fingerprint density at radius 1 is 1.07 bits per heavy atom. The maximum absolute atomic E-state index is 13.1. The molecule has 7 nitrogen and oxygen atoms in total. The lowest BCUT2D eigenvalue weighted by atomic mass is 10.0. The molecule has 0 radical (unpaired) electrons. The number of carbonyl (C=O) groups excluding carboxylic acids is 2. The molecule has 0 bridgehead atoms. The topological polar surface area (TPSA) is 104 Å². The van der Waals surface area contributed by atoms with Gasteiger partial charge in [-0.15, -0.1) is 0 Å². The van der Waals surface area contributed by atoms with Gasteiger partial charge in [-0.25, -0.2) is 0 Å². The number of rotatable bonds is 7. The Balaban J connectivity index is 2.15. The number of nitrogens with two attached hydrogens (primary N) is 1. The van der Waals surface area contributed by atoms with E-state index in [4.69, 9.17) is 15.2 Å². The number of benzene rings is 2. The normalized spacial score (nSPS) is 10.6. The van der Waals surface area contributed by atoms with Crippen molar-refractivity contribution >= 4 is 28.4 Å². The fraction of sp³-hybridized carbons (Fsp3) is 0.227. The molecule has 0 saturated carbocycles. The number of carbonyl (C=O) groups is 2. The zero-order valence-corrected chi connectivity index (χ0v) is 16.6. The largest absolute Gasteiger partial charge is 0.493 e. The van der Waals surface area contributed by atoms with Gasteiger partial charge in [-0.05, 0) is 24.1 Å². The van der Waals surface area contributed by atoms with Crippen molar-refractivity contribution in [1.82, 2.24) is 4.98 Å². The van der Waals surface area contributed by atoms with Crippen LogP contribution in [0.5, 0.6) is 11.5 Å². The molecule has 0 aliphatic carbocycles. The zero-order chi connectivity index (χ0) is 21.0. The van der Waals surface area contributed by atoms with Crippen molar-refractivity contribution in [2.45, 2.75) is 19.8 Å². The Morgan fingerprint density at radius 3 is 2.41 bits per heavy atom. The number of ether oxygens (including phenoxy) is 2. The molecule has 150 valence electrons. The molecular formula is C22H23N3O4. The lowest BCUT2D eigenvalue weighted by Gasteiger charge is -2.15. The average Bonchev–Trinajstić information content (AvgIpc) is 2.73. The second-order valence-corrected chi connectivity index (χ2v) is 6.50. The Bertz CT molecular complexity index is 1080. The fourth-order valence-electron chi connectivity index (χ4n) is 3.25. The van der Waals surface area contributed by atoms with Crippen molar-refractivity contribution < 1.29 is 19.1 Å². The summed E-state index contributed by atoms with van der Waals surface area (Å²) in [5.41, 5.74) is 7.97. The number of methoxy groups -OCH3 is 2. The molecule has 1 heterocycles. The van der Waals surface area contributed by atoms with E-state index in [2.05, 4.69) is 17.2 Å². The quantitative estimate of drug-likeness (QED) is 0.639. The van der Waals surface area contributed by atoms with Gasteiger partial charge >= 0.3 is 0 Å². The van der Waals surface area contributed by atoms with E-state index in [-0.39, 0.29) is 11.5 Å². The number of nitrogens with zero attached hydrogens (tertiary/aromatic N) is 1. The van der Waals surface area contributed by atoms with Gasteiger partial charge in [0.15, 0.2) is 11.5 Å². The van der Waals surface area contributed by atoms with Crippen molar-refractivity contribution in [2.75, 3.05) is 19.5 Å². The minimum atomic E-state index is -0.689. The highest BCUT2D eigenvalue weighted by atomic mass is 16.5. The minimum absolute atomic E-state index is 0.117. The van der Waals surface area contributed by atoms with Crippen molar-refractivity contribution in [3.05, 3.63) is 59.3 Å². The summed E-state index contributed by atoms with van der Waals surface area (Å²) in [5.74, 6) is -0.0691. The van der Waals surface area contributed by atoms with Crippen LogP contribution in [-0.2, 0) is 6.42 Å². The molecule has 0 atom stereocenters. The molecule has 2 aromatic carbocycles. The van der Waals surface area contributed by atoms with E-state index in [1.54, 1.807) is 18.2 Å². The number of nitrogens with one attached hydrogen (secondary N) is 1. The SMILES string of the molecule is CCCc1ccccc1C(=O)Nc1c(C(N)=O)cnc2cc(OC)c(OC)cc12. The van der Waals surface area contributed by atoms with E-state index in [9.17, 15) is 9.59 Å². The number of aromatic nitrogens is 1. The van der Waals surface area contributed by atoms with Gasteiger partial charge in [0.25, 0.3) is 11.8 Å². The van der Waals surface area contributed by atoms with Gasteiger partial charge in [-0.3, -0.25) is 14.6 Å². The van der Waals surface area contributed by atoms with Crippen molar-refractivity contribution in [3.8, 4) is 11.5 Å². The second-order valence-electron chi connectivity index (χ2n) is 6.50. The molecule has 3 rings (SSSR count). The highest BCUT2D eigenvalue weighted by molar-refractivity contribution is 6.15. The lowest BCUT2D eigenvalue weighted by molar-refractivity contribution is 0.100. The van der Waals surface area contributed by atoms with E-state index in [0.717, 1.165) is 18.4 Å². The lowest BCUT2D eigenvalue weighted by Crippen LogP contribution is -2.20. The van der Waals surface area contributed by atoms with Crippen LogP contribution in [0.25, 0.3) is 10.9 Å². The molecule has 0 saturated heterocycles. The Morgan fingerprint density at radius 2 is 1.76 bits per heavy atom. The molecule has 1 aromatic heterocycles. The number of pyridine rings is 1. The van der Waals surface area contributed by atoms with Crippen LogP contribution in [0.2, 0.25) is 0 Å². The van der Waals surface area contributed by atoms with Crippen molar-refractivity contribution in [3.63, 3.8) is 0 Å². The van der Waals surface area contributed by atoms with Crippen LogP contribution >= 0.6 is 0 Å². The van der Waals surface area contributed by atoms with E-state index < -0.39 is 5.91 Å². The Kier molecular flexibility index (Phi) is 5.97. The first-order valence-corrected chi connectivity index (χ1v) is 9.23. The number of hydrogen-bond donors (Lipinski definition) is 2. The fourth-order valence-corrected chi connectivity index (χ4v) is 3.25. The maximum Gasteiger partial charge on any atom is 0.255 e. The van der Waals surface area contributed by atoms with Gasteiger partial charge in [-0.2, -0.15) is 0 Å². The number of aryl methyl sites for hydroxylation is 1. The van der Waals surface area contributed by atoms with Crippen LogP contribution in [0.1, 0.15) is 39.6 Å². The molecule has 0 aliphatic heterocycles. The molecular weight excluding hydrogens is 370 g/mol. The number of fused-ring (bicyclic) bond motifs is 1. The highest BCUT2D eigenvalue weighted by Gasteiger charge is 2.20. The number of primary amides is 1. The Hall–Kier alpha value is -3.61. The summed E-state index contributed by atoms with van der Waals surface area (Å²) in [5, 5.41) is 3.39. The van der Waals surface area contributed by atoms with Crippen LogP contribution in [0, 0.1) is 0 Å². The third-order valence-corrected chi connectivity index (χ3v) is 4.66. The summed E-state index contributed by atoms with van der Waals surface area (Å²) in [7, 11) is 3.03. The molecule has 0 spiro atoms. The number of anilines is 1. The summed E-state index contributed by atoms with van der Waals surface area (Å²) in [4.78, 5) is 29.4. The summed E-state index contributed by atoms with van der Waals surface area (Å²) in [6.07, 6.45) is 3.03. The highest BCUT2D eigenvalue weighted by Crippen LogP contribution is 2.36. The molecule has 3 N–H and O–H groups in total. The summed E-state index contributed by atoms with van der Waals surface area (Å²) in [6.45, 7) is 2.05. The van der Waals surface area contributed by atoms with E-state index in [1.165, 1.54) is 20.4 Å². The van der Waals surface area contributed by atoms with Crippen molar-refractivity contribution in [2.24, 2.45) is 5.73 Å². The van der Waals surface area contributed by atoms with Crippen molar-refractivity contribution in [1.29, 1.82) is 0 Å². The Labute approximate surface area is 168 Å². The summed E-state index contributed by atoms with van der Waals surface area (Å²) >= 11 is 0. The molecule has 7 heteroatoms. The first-order chi connectivity index (χ1) is 14.0. The summed E-state index contributed by atoms with van der Waals surface area (Å²) in [6, 6.07) is 10.7. The predicted octanol–water partition coefficient (Wildman–Crippen LogP) is 3.56. The van der Waals surface area contributed by atoms with Crippen LogP contribution in [-0.4, -0.2) is 31.0 Å². The standard InChI is InChI=1S/C22H23N3O4/c1-4-7-13-8-5-6-9-14(13)22(27)25-20-15-10-18(28-2)19(29-3)11-17(15)24-12-16(20)21(23)26/h5-6,8-12H,4,7H2,1-3H3,(H2,23,26)(H,24,25,27). The van der Waals surface area contributed by atoms with Gasteiger partial charge in [-0.1, -0.05) is 31.5 Å². The predicted molar refractivity (Wildman–Crippen MR) is 112 cm³/mol. The van der Waals surface area contributed by atoms with Crippen LogP contribution in [0.4, 0.5) is 5.69 Å². The van der Waals surface area contributed by atoms with Crippen LogP contribution < -0.4 is 20.5 Å². The van der Waals surface area contributed by atoms with Crippen LogP contribution in [0.3, 0.4) is 0 Å². The molecule has 0 fully saturated rings. The maximum atomic E-state index is 13.1. The molecule has 0 aliphatic rings.